The van der Waals surface area contributed by atoms with Gasteiger partial charge in [-0.25, -0.2) is 15.0 Å². The third kappa shape index (κ3) is 6.08. The zero-order chi connectivity index (χ0) is 32.1. The molecule has 0 spiro atoms. The number of nitrogens with zero attached hydrogens (tertiary/aromatic N) is 7. The first-order valence-corrected chi connectivity index (χ1v) is 15.5. The fourth-order valence-corrected chi connectivity index (χ4v) is 5.51. The van der Waals surface area contributed by atoms with Crippen LogP contribution in [0.1, 0.15) is 0 Å². The lowest BCUT2D eigenvalue weighted by Gasteiger charge is -2.12. The number of benzene rings is 3. The molecule has 0 amide bonds. The molecule has 0 aliphatic carbocycles. The Morgan fingerprint density at radius 3 is 1.12 bits per heavy atom. The molecule has 0 saturated carbocycles. The summed E-state index contributed by atoms with van der Waals surface area (Å²) in [5.41, 5.74) is 9.77. The van der Waals surface area contributed by atoms with Gasteiger partial charge in [-0.3, -0.25) is 19.9 Å². The number of rotatable bonds is 7. The minimum Gasteiger partial charge on any atom is -0.256 e. The summed E-state index contributed by atoms with van der Waals surface area (Å²) in [6.45, 7) is 0. The first-order chi connectivity index (χ1) is 23.8. The lowest BCUT2D eigenvalue weighted by molar-refractivity contribution is 1.05. The van der Waals surface area contributed by atoms with Gasteiger partial charge in [0.25, 0.3) is 0 Å². The Morgan fingerprint density at radius 1 is 0.271 bits per heavy atom. The second kappa shape index (κ2) is 12.9. The van der Waals surface area contributed by atoms with E-state index in [1.54, 1.807) is 12.4 Å². The molecule has 0 atom stereocenters. The zero-order valence-electron chi connectivity index (χ0n) is 25.7. The summed E-state index contributed by atoms with van der Waals surface area (Å²) in [4.78, 5) is 33.7. The molecule has 0 fully saturated rings. The summed E-state index contributed by atoms with van der Waals surface area (Å²) in [6, 6.07) is 46.2. The highest BCUT2D eigenvalue weighted by Crippen LogP contribution is 2.32. The Balaban J connectivity index is 1.28. The van der Waals surface area contributed by atoms with Crippen LogP contribution < -0.4 is 0 Å². The fraction of sp³-hybridized carbons (Fsp3) is 0. The van der Waals surface area contributed by atoms with Crippen molar-refractivity contribution in [3.05, 3.63) is 164 Å². The van der Waals surface area contributed by atoms with Gasteiger partial charge in [0.2, 0.25) is 0 Å². The van der Waals surface area contributed by atoms with Crippen LogP contribution >= 0.6 is 0 Å². The average molecular weight is 618 g/mol. The molecule has 0 aliphatic rings. The van der Waals surface area contributed by atoms with Crippen molar-refractivity contribution in [3.8, 4) is 79.2 Å². The molecule has 8 aromatic rings. The molecule has 8 rings (SSSR count). The van der Waals surface area contributed by atoms with Gasteiger partial charge >= 0.3 is 0 Å². The quantitative estimate of drug-likeness (QED) is 0.176. The van der Waals surface area contributed by atoms with E-state index in [9.17, 15) is 0 Å². The van der Waals surface area contributed by atoms with Crippen molar-refractivity contribution >= 4 is 0 Å². The molecule has 3 aromatic carbocycles. The van der Waals surface area contributed by atoms with Crippen LogP contribution in [-0.2, 0) is 0 Å². The van der Waals surface area contributed by atoms with Crippen LogP contribution in [0.15, 0.2) is 164 Å². The Hall–Kier alpha value is -6.73. The molecule has 0 unspecified atom stereocenters. The molecular formula is C41H27N7. The van der Waals surface area contributed by atoms with Gasteiger partial charge in [-0.15, -0.1) is 0 Å². The van der Waals surface area contributed by atoms with Crippen LogP contribution in [-0.4, -0.2) is 34.9 Å². The predicted octanol–water partition coefficient (Wildman–Crippen LogP) is 9.12. The smallest absolute Gasteiger partial charge is 0.182 e. The van der Waals surface area contributed by atoms with Gasteiger partial charge in [0.1, 0.15) is 11.4 Å². The van der Waals surface area contributed by atoms with Gasteiger partial charge in [0, 0.05) is 52.6 Å². The van der Waals surface area contributed by atoms with Gasteiger partial charge in [0.15, 0.2) is 17.5 Å². The Kier molecular flexibility index (Phi) is 7.74. The number of hydrogen-bond donors (Lipinski definition) is 0. The van der Waals surface area contributed by atoms with Crippen molar-refractivity contribution in [3.63, 3.8) is 0 Å². The summed E-state index contributed by atoms with van der Waals surface area (Å²) in [5.74, 6) is 1.39. The van der Waals surface area contributed by atoms with E-state index in [0.29, 0.717) is 28.9 Å². The van der Waals surface area contributed by atoms with E-state index in [4.69, 9.17) is 24.9 Å². The zero-order valence-corrected chi connectivity index (χ0v) is 25.7. The van der Waals surface area contributed by atoms with E-state index < -0.39 is 0 Å². The molecular weight excluding hydrogens is 591 g/mol. The molecule has 0 radical (unpaired) electrons. The second-order valence-electron chi connectivity index (χ2n) is 11.1. The van der Waals surface area contributed by atoms with Crippen molar-refractivity contribution in [1.82, 2.24) is 34.9 Å². The van der Waals surface area contributed by atoms with Crippen LogP contribution in [0.2, 0.25) is 0 Å². The first-order valence-electron chi connectivity index (χ1n) is 15.5. The topological polar surface area (TPSA) is 90.2 Å². The van der Waals surface area contributed by atoms with Crippen LogP contribution in [0.5, 0.6) is 0 Å². The summed E-state index contributed by atoms with van der Waals surface area (Å²) < 4.78 is 0. The lowest BCUT2D eigenvalue weighted by Crippen LogP contribution is -2.02. The summed E-state index contributed by atoms with van der Waals surface area (Å²) >= 11 is 0. The molecule has 0 aliphatic heterocycles. The molecule has 5 heterocycles. The maximum Gasteiger partial charge on any atom is 0.182 e. The normalized spacial score (nSPS) is 10.9. The van der Waals surface area contributed by atoms with Crippen molar-refractivity contribution in [2.45, 2.75) is 0 Å². The third-order valence-corrected chi connectivity index (χ3v) is 7.95. The molecule has 0 N–H and O–H groups in total. The predicted molar refractivity (Wildman–Crippen MR) is 189 cm³/mol. The largest absolute Gasteiger partial charge is 0.256 e. The van der Waals surface area contributed by atoms with E-state index in [-0.39, 0.29) is 0 Å². The number of pyridine rings is 4. The third-order valence-electron chi connectivity index (χ3n) is 7.95. The minimum absolute atomic E-state index is 0.450. The molecule has 0 bridgehead atoms. The minimum atomic E-state index is 0.450. The van der Waals surface area contributed by atoms with Gasteiger partial charge in [-0.1, -0.05) is 84.9 Å². The lowest BCUT2D eigenvalue weighted by atomic mass is 10.00. The SMILES string of the molecule is c1ccc(-c2ccc(-c3nc(-c4cc(-c5ccccn5)cc(-c5ccccn5)c4)nc(-c4ccc(-c5ccccc5)cn4)n3)nc2)cc1. The fourth-order valence-electron chi connectivity index (χ4n) is 5.51. The standard InChI is InChI=1S/C41H27N7/c1-3-11-28(12-4-1)30-17-19-37(44-26-30)40-46-39(47-41(48-40)38-20-18-31(27-45-38)29-13-5-2-6-14-29)34-24-32(35-15-7-9-21-42-35)23-33(25-34)36-16-8-10-22-43-36/h1-27H. The maximum atomic E-state index is 4.98. The molecule has 7 nitrogen and oxygen atoms in total. The Morgan fingerprint density at radius 2 is 0.708 bits per heavy atom. The highest BCUT2D eigenvalue weighted by atomic mass is 15.1. The monoisotopic (exact) mass is 617 g/mol. The van der Waals surface area contributed by atoms with Crippen molar-refractivity contribution < 1.29 is 0 Å². The van der Waals surface area contributed by atoms with Crippen LogP contribution in [0.4, 0.5) is 0 Å². The molecule has 0 saturated heterocycles. The van der Waals surface area contributed by atoms with Crippen LogP contribution in [0.25, 0.3) is 79.2 Å². The molecule has 48 heavy (non-hydrogen) atoms. The number of aromatic nitrogens is 7. The Labute approximate surface area is 277 Å². The first kappa shape index (κ1) is 28.7. The van der Waals surface area contributed by atoms with E-state index in [1.807, 2.05) is 109 Å². The van der Waals surface area contributed by atoms with Gasteiger partial charge in [-0.2, -0.15) is 0 Å². The van der Waals surface area contributed by atoms with E-state index in [1.165, 1.54) is 0 Å². The van der Waals surface area contributed by atoms with Gasteiger partial charge in [-0.05, 0) is 65.7 Å². The maximum absolute atomic E-state index is 4.98. The summed E-state index contributed by atoms with van der Waals surface area (Å²) in [7, 11) is 0. The van der Waals surface area contributed by atoms with Crippen LogP contribution in [0, 0.1) is 0 Å². The van der Waals surface area contributed by atoms with E-state index in [2.05, 4.69) is 52.4 Å². The van der Waals surface area contributed by atoms with E-state index >= 15 is 0 Å². The second-order valence-corrected chi connectivity index (χ2v) is 11.1. The van der Waals surface area contributed by atoms with Crippen molar-refractivity contribution in [2.24, 2.45) is 0 Å². The summed E-state index contributed by atoms with van der Waals surface area (Å²) in [6.07, 6.45) is 7.28. The summed E-state index contributed by atoms with van der Waals surface area (Å²) in [5, 5.41) is 0. The molecule has 226 valence electrons. The molecule has 7 heteroatoms. The van der Waals surface area contributed by atoms with Crippen LogP contribution in [0.3, 0.4) is 0 Å². The molecule has 5 aromatic heterocycles. The highest BCUT2D eigenvalue weighted by Gasteiger charge is 2.17. The Bertz CT molecular complexity index is 2140. The number of hydrogen-bond acceptors (Lipinski definition) is 7. The van der Waals surface area contributed by atoms with E-state index in [0.717, 1.165) is 50.3 Å². The van der Waals surface area contributed by atoms with Crippen molar-refractivity contribution in [2.75, 3.05) is 0 Å². The van der Waals surface area contributed by atoms with Crippen molar-refractivity contribution in [1.29, 1.82) is 0 Å². The highest BCUT2D eigenvalue weighted by molar-refractivity contribution is 5.78. The average Bonchev–Trinajstić information content (AvgIpc) is 3.19. The van der Waals surface area contributed by atoms with Gasteiger partial charge < -0.3 is 0 Å². The van der Waals surface area contributed by atoms with Gasteiger partial charge in [0.05, 0.1) is 11.4 Å².